The number of non-ortho nitro benzene ring substituents is 1. The largest absolute Gasteiger partial charge is 0.388 e. The lowest BCUT2D eigenvalue weighted by Gasteiger charge is -2.26. The third-order valence-corrected chi connectivity index (χ3v) is 3.58. The van der Waals surface area contributed by atoms with Crippen molar-refractivity contribution in [2.75, 3.05) is 23.8 Å². The quantitative estimate of drug-likeness (QED) is 0.658. The highest BCUT2D eigenvalue weighted by atomic mass is 16.6. The number of nitrogens with zero attached hydrogens (tertiary/aromatic N) is 2. The summed E-state index contributed by atoms with van der Waals surface area (Å²) in [5, 5.41) is 13.9. The van der Waals surface area contributed by atoms with Crippen LogP contribution >= 0.6 is 0 Å². The second kappa shape index (κ2) is 5.25. The van der Waals surface area contributed by atoms with Crippen LogP contribution in [0, 0.1) is 10.1 Å². The highest BCUT2D eigenvalue weighted by Crippen LogP contribution is 2.32. The van der Waals surface area contributed by atoms with Gasteiger partial charge in [-0.1, -0.05) is 6.92 Å². The normalized spacial score (nSPS) is 19.0. The number of hydrogen-bond acceptors (Lipinski definition) is 4. The van der Waals surface area contributed by atoms with E-state index in [9.17, 15) is 10.1 Å². The second-order valence-electron chi connectivity index (χ2n) is 4.64. The third kappa shape index (κ3) is 2.39. The van der Waals surface area contributed by atoms with Crippen LogP contribution in [0.5, 0.6) is 0 Å². The van der Waals surface area contributed by atoms with Gasteiger partial charge in [-0.2, -0.15) is 0 Å². The molecule has 98 valence electrons. The fourth-order valence-corrected chi connectivity index (χ4v) is 2.61. The number of nitro benzene ring substituents is 1. The van der Waals surface area contributed by atoms with Crippen molar-refractivity contribution >= 4 is 17.1 Å². The van der Waals surface area contributed by atoms with Crippen molar-refractivity contribution in [2.45, 2.75) is 32.2 Å². The number of benzene rings is 1. The Balaban J connectivity index is 2.37. The molecule has 18 heavy (non-hydrogen) atoms. The van der Waals surface area contributed by atoms with E-state index in [0.717, 1.165) is 30.8 Å². The average molecular weight is 249 g/mol. The fraction of sp³-hybridized carbons (Fsp3) is 0.538. The predicted molar refractivity (Wildman–Crippen MR) is 73.3 cm³/mol. The number of hydrogen-bond donors (Lipinski definition) is 1. The first kappa shape index (κ1) is 12.7. The van der Waals surface area contributed by atoms with Gasteiger partial charge in [0.05, 0.1) is 4.92 Å². The Kier molecular flexibility index (Phi) is 3.69. The van der Waals surface area contributed by atoms with Crippen LogP contribution in [0.15, 0.2) is 18.2 Å². The van der Waals surface area contributed by atoms with Gasteiger partial charge in [-0.15, -0.1) is 0 Å². The summed E-state index contributed by atoms with van der Waals surface area (Å²) < 4.78 is 0. The molecule has 1 fully saturated rings. The van der Waals surface area contributed by atoms with Crippen LogP contribution in [0.1, 0.15) is 26.2 Å². The predicted octanol–water partition coefficient (Wildman–Crippen LogP) is 3.02. The van der Waals surface area contributed by atoms with Gasteiger partial charge in [0.15, 0.2) is 0 Å². The zero-order valence-electron chi connectivity index (χ0n) is 10.8. The zero-order chi connectivity index (χ0) is 13.1. The Morgan fingerprint density at radius 1 is 1.50 bits per heavy atom. The molecule has 1 atom stereocenters. The van der Waals surface area contributed by atoms with Gasteiger partial charge >= 0.3 is 0 Å². The standard InChI is InChI=1S/C13H19N3O2/c1-3-11-5-4-6-15(11)12-7-10(14-2)8-13(9-12)16(17)18/h7-9,11,14H,3-6H2,1-2H3. The Morgan fingerprint density at radius 3 is 2.89 bits per heavy atom. The monoisotopic (exact) mass is 249 g/mol. The maximum atomic E-state index is 10.9. The van der Waals surface area contributed by atoms with E-state index in [1.165, 1.54) is 6.42 Å². The van der Waals surface area contributed by atoms with Gasteiger partial charge in [-0.05, 0) is 25.3 Å². The first-order chi connectivity index (χ1) is 8.65. The minimum Gasteiger partial charge on any atom is -0.388 e. The van der Waals surface area contributed by atoms with E-state index < -0.39 is 0 Å². The van der Waals surface area contributed by atoms with Crippen LogP contribution in [0.25, 0.3) is 0 Å². The Hall–Kier alpha value is -1.78. The van der Waals surface area contributed by atoms with Gasteiger partial charge in [-0.3, -0.25) is 10.1 Å². The number of nitrogens with one attached hydrogen (secondary N) is 1. The average Bonchev–Trinajstić information content (AvgIpc) is 2.86. The minimum absolute atomic E-state index is 0.151. The number of rotatable bonds is 4. The molecule has 1 aromatic carbocycles. The molecule has 0 aliphatic carbocycles. The molecule has 5 nitrogen and oxygen atoms in total. The van der Waals surface area contributed by atoms with Crippen LogP contribution in [0.4, 0.5) is 17.1 Å². The first-order valence-corrected chi connectivity index (χ1v) is 6.39. The van der Waals surface area contributed by atoms with Crippen molar-refractivity contribution in [3.05, 3.63) is 28.3 Å². The second-order valence-corrected chi connectivity index (χ2v) is 4.64. The van der Waals surface area contributed by atoms with E-state index in [2.05, 4.69) is 17.1 Å². The molecule has 5 heteroatoms. The molecule has 0 aromatic heterocycles. The van der Waals surface area contributed by atoms with Crippen LogP contribution in [0.3, 0.4) is 0 Å². The molecule has 0 spiro atoms. The van der Waals surface area contributed by atoms with Crippen LogP contribution in [0.2, 0.25) is 0 Å². The Morgan fingerprint density at radius 2 is 2.28 bits per heavy atom. The molecule has 1 aromatic rings. The van der Waals surface area contributed by atoms with Crippen molar-refractivity contribution in [2.24, 2.45) is 0 Å². The molecule has 1 aliphatic rings. The van der Waals surface area contributed by atoms with Crippen LogP contribution in [-0.2, 0) is 0 Å². The molecule has 1 saturated heterocycles. The van der Waals surface area contributed by atoms with E-state index in [-0.39, 0.29) is 10.6 Å². The van der Waals surface area contributed by atoms with Gasteiger partial charge < -0.3 is 10.2 Å². The van der Waals surface area contributed by atoms with Gasteiger partial charge in [0.1, 0.15) is 0 Å². The lowest BCUT2D eigenvalue weighted by atomic mass is 10.1. The first-order valence-electron chi connectivity index (χ1n) is 6.39. The summed E-state index contributed by atoms with van der Waals surface area (Å²) in [5.41, 5.74) is 1.90. The molecule has 0 amide bonds. The molecule has 2 rings (SSSR count). The van der Waals surface area contributed by atoms with E-state index in [1.807, 2.05) is 6.07 Å². The van der Waals surface area contributed by atoms with Crippen LogP contribution in [-0.4, -0.2) is 24.6 Å². The molecule has 0 radical (unpaired) electrons. The molecule has 0 bridgehead atoms. The topological polar surface area (TPSA) is 58.4 Å². The highest BCUT2D eigenvalue weighted by Gasteiger charge is 2.24. The summed E-state index contributed by atoms with van der Waals surface area (Å²) in [4.78, 5) is 12.9. The van der Waals surface area contributed by atoms with Crippen molar-refractivity contribution < 1.29 is 4.92 Å². The van der Waals surface area contributed by atoms with Crippen molar-refractivity contribution in [3.63, 3.8) is 0 Å². The summed E-state index contributed by atoms with van der Waals surface area (Å²) in [6.45, 7) is 3.15. The van der Waals surface area contributed by atoms with E-state index >= 15 is 0 Å². The lowest BCUT2D eigenvalue weighted by molar-refractivity contribution is -0.384. The molecular weight excluding hydrogens is 230 g/mol. The number of nitro groups is 1. The molecule has 1 N–H and O–H groups in total. The summed E-state index contributed by atoms with van der Waals surface area (Å²) in [7, 11) is 1.78. The van der Waals surface area contributed by atoms with Crippen molar-refractivity contribution in [1.82, 2.24) is 0 Å². The lowest BCUT2D eigenvalue weighted by Crippen LogP contribution is -2.28. The minimum atomic E-state index is -0.332. The smallest absolute Gasteiger partial charge is 0.273 e. The van der Waals surface area contributed by atoms with Gasteiger partial charge in [0.2, 0.25) is 0 Å². The molecule has 1 aliphatic heterocycles. The molecular formula is C13H19N3O2. The fourth-order valence-electron chi connectivity index (χ4n) is 2.61. The van der Waals surface area contributed by atoms with Crippen LogP contribution < -0.4 is 10.2 Å². The van der Waals surface area contributed by atoms with E-state index in [1.54, 1.807) is 19.2 Å². The summed E-state index contributed by atoms with van der Waals surface area (Å²) >= 11 is 0. The summed E-state index contributed by atoms with van der Waals surface area (Å²) in [6.07, 6.45) is 3.42. The van der Waals surface area contributed by atoms with E-state index in [4.69, 9.17) is 0 Å². The number of anilines is 2. The van der Waals surface area contributed by atoms with Gasteiger partial charge in [0, 0.05) is 43.1 Å². The third-order valence-electron chi connectivity index (χ3n) is 3.58. The maximum Gasteiger partial charge on any atom is 0.273 e. The Labute approximate surface area is 107 Å². The highest BCUT2D eigenvalue weighted by molar-refractivity contribution is 5.65. The molecule has 0 saturated carbocycles. The van der Waals surface area contributed by atoms with Crippen molar-refractivity contribution in [3.8, 4) is 0 Å². The molecule has 1 unspecified atom stereocenters. The van der Waals surface area contributed by atoms with Crippen molar-refractivity contribution in [1.29, 1.82) is 0 Å². The Bertz CT molecular complexity index is 448. The summed E-state index contributed by atoms with van der Waals surface area (Å²) in [5.74, 6) is 0. The van der Waals surface area contributed by atoms with Gasteiger partial charge in [0.25, 0.3) is 5.69 Å². The van der Waals surface area contributed by atoms with E-state index in [0.29, 0.717) is 6.04 Å². The molecule has 1 heterocycles. The maximum absolute atomic E-state index is 10.9. The zero-order valence-corrected chi connectivity index (χ0v) is 10.8. The SMILES string of the molecule is CCC1CCCN1c1cc(NC)cc([N+](=O)[O-])c1. The van der Waals surface area contributed by atoms with Gasteiger partial charge in [-0.25, -0.2) is 0 Å². The summed E-state index contributed by atoms with van der Waals surface area (Å²) in [6, 6.07) is 5.74.